The Morgan fingerprint density at radius 2 is 2.12 bits per heavy atom. The van der Waals surface area contributed by atoms with Crippen LogP contribution in [0.4, 0.5) is 5.69 Å². The summed E-state index contributed by atoms with van der Waals surface area (Å²) in [7, 11) is 0. The quantitative estimate of drug-likeness (QED) is 0.730. The van der Waals surface area contributed by atoms with Crippen molar-refractivity contribution in [2.45, 2.75) is 13.3 Å². The van der Waals surface area contributed by atoms with E-state index in [4.69, 9.17) is 15.7 Å². The van der Waals surface area contributed by atoms with E-state index in [-0.39, 0.29) is 0 Å². The van der Waals surface area contributed by atoms with E-state index in [0.717, 1.165) is 25.4 Å². The van der Waals surface area contributed by atoms with Gasteiger partial charge in [0, 0.05) is 19.5 Å². The van der Waals surface area contributed by atoms with Crippen molar-refractivity contribution in [3.63, 3.8) is 0 Å². The van der Waals surface area contributed by atoms with Gasteiger partial charge >= 0.3 is 0 Å². The van der Waals surface area contributed by atoms with Crippen molar-refractivity contribution < 1.29 is 4.74 Å². The fourth-order valence-electron chi connectivity index (χ4n) is 1.53. The molecule has 17 heavy (non-hydrogen) atoms. The summed E-state index contributed by atoms with van der Waals surface area (Å²) in [6.45, 7) is 5.20. The summed E-state index contributed by atoms with van der Waals surface area (Å²) in [6, 6.07) is 9.62. The molecule has 0 bridgehead atoms. The molecule has 0 aliphatic heterocycles. The van der Waals surface area contributed by atoms with E-state index in [1.165, 1.54) is 0 Å². The highest BCUT2D eigenvalue weighted by molar-refractivity contribution is 5.51. The SMILES string of the molecule is CCN(CCC#N)CCOc1ccccc1N. The maximum Gasteiger partial charge on any atom is 0.142 e. The van der Waals surface area contributed by atoms with Crippen molar-refractivity contribution in [2.75, 3.05) is 32.0 Å². The molecule has 0 aliphatic rings. The smallest absolute Gasteiger partial charge is 0.142 e. The lowest BCUT2D eigenvalue weighted by Gasteiger charge is -2.19. The molecule has 1 aromatic carbocycles. The number of nitrogens with zero attached hydrogens (tertiary/aromatic N) is 2. The standard InChI is InChI=1S/C13H19N3O/c1-2-16(9-5-8-14)10-11-17-13-7-4-3-6-12(13)15/h3-4,6-7H,2,5,9-11,15H2,1H3. The summed E-state index contributed by atoms with van der Waals surface area (Å²) < 4.78 is 5.60. The molecule has 0 saturated heterocycles. The Labute approximate surface area is 103 Å². The third kappa shape index (κ3) is 4.75. The topological polar surface area (TPSA) is 62.3 Å². The minimum Gasteiger partial charge on any atom is -0.490 e. The lowest BCUT2D eigenvalue weighted by molar-refractivity contribution is 0.219. The molecule has 0 amide bonds. The van der Waals surface area contributed by atoms with Crippen LogP contribution in [0.5, 0.6) is 5.75 Å². The molecular weight excluding hydrogens is 214 g/mol. The van der Waals surface area contributed by atoms with Crippen molar-refractivity contribution in [3.8, 4) is 11.8 Å². The number of para-hydroxylation sites is 2. The van der Waals surface area contributed by atoms with Gasteiger partial charge in [0.05, 0.1) is 11.8 Å². The number of benzene rings is 1. The van der Waals surface area contributed by atoms with Crippen molar-refractivity contribution in [1.82, 2.24) is 4.90 Å². The summed E-state index contributed by atoms with van der Waals surface area (Å²) >= 11 is 0. The van der Waals surface area contributed by atoms with Gasteiger partial charge in [0.2, 0.25) is 0 Å². The second-order valence-corrected chi connectivity index (χ2v) is 3.73. The zero-order valence-corrected chi connectivity index (χ0v) is 10.2. The summed E-state index contributed by atoms with van der Waals surface area (Å²) in [5.41, 5.74) is 6.43. The first kappa shape index (κ1) is 13.3. The van der Waals surface area contributed by atoms with Gasteiger partial charge in [-0.15, -0.1) is 0 Å². The molecule has 0 aromatic heterocycles. The van der Waals surface area contributed by atoms with E-state index in [2.05, 4.69) is 17.9 Å². The first-order valence-electron chi connectivity index (χ1n) is 5.84. The molecule has 1 aromatic rings. The van der Waals surface area contributed by atoms with Crippen LogP contribution in [-0.2, 0) is 0 Å². The van der Waals surface area contributed by atoms with E-state index in [1.54, 1.807) is 0 Å². The number of hydrogen-bond donors (Lipinski definition) is 1. The summed E-state index contributed by atoms with van der Waals surface area (Å²) in [5.74, 6) is 0.726. The van der Waals surface area contributed by atoms with Gasteiger partial charge in [0.15, 0.2) is 0 Å². The van der Waals surface area contributed by atoms with Gasteiger partial charge in [0.1, 0.15) is 12.4 Å². The number of ether oxygens (including phenoxy) is 1. The van der Waals surface area contributed by atoms with E-state index in [9.17, 15) is 0 Å². The molecule has 0 saturated carbocycles. The Morgan fingerprint density at radius 3 is 2.76 bits per heavy atom. The average Bonchev–Trinajstić information content (AvgIpc) is 2.35. The first-order chi connectivity index (χ1) is 8.27. The predicted molar refractivity (Wildman–Crippen MR) is 68.7 cm³/mol. The van der Waals surface area contributed by atoms with E-state index in [1.807, 2.05) is 24.3 Å². The Hall–Kier alpha value is -1.73. The average molecular weight is 233 g/mol. The zero-order valence-electron chi connectivity index (χ0n) is 10.2. The van der Waals surface area contributed by atoms with Gasteiger partial charge in [-0.3, -0.25) is 4.90 Å². The van der Waals surface area contributed by atoms with E-state index < -0.39 is 0 Å². The molecule has 1 rings (SSSR count). The van der Waals surface area contributed by atoms with Crippen molar-refractivity contribution in [3.05, 3.63) is 24.3 Å². The third-order valence-electron chi connectivity index (χ3n) is 2.57. The lowest BCUT2D eigenvalue weighted by atomic mass is 10.3. The highest BCUT2D eigenvalue weighted by Gasteiger charge is 2.03. The van der Waals surface area contributed by atoms with Gasteiger partial charge in [-0.2, -0.15) is 5.26 Å². The monoisotopic (exact) mass is 233 g/mol. The molecule has 2 N–H and O–H groups in total. The molecular formula is C13H19N3O. The van der Waals surface area contributed by atoms with Crippen molar-refractivity contribution in [2.24, 2.45) is 0 Å². The second-order valence-electron chi connectivity index (χ2n) is 3.73. The Kier molecular flexibility index (Phi) is 5.91. The maximum absolute atomic E-state index is 8.53. The van der Waals surface area contributed by atoms with Gasteiger partial charge in [-0.1, -0.05) is 19.1 Å². The fraction of sp³-hybridized carbons (Fsp3) is 0.462. The number of likely N-dealkylation sites (N-methyl/N-ethyl adjacent to an activating group) is 1. The maximum atomic E-state index is 8.53. The lowest BCUT2D eigenvalue weighted by Crippen LogP contribution is -2.29. The van der Waals surface area contributed by atoms with Crippen LogP contribution in [0, 0.1) is 11.3 Å². The van der Waals surface area contributed by atoms with Crippen LogP contribution in [-0.4, -0.2) is 31.1 Å². The highest BCUT2D eigenvalue weighted by atomic mass is 16.5. The van der Waals surface area contributed by atoms with Crippen LogP contribution >= 0.6 is 0 Å². The van der Waals surface area contributed by atoms with Crippen LogP contribution < -0.4 is 10.5 Å². The van der Waals surface area contributed by atoms with Crippen molar-refractivity contribution >= 4 is 5.69 Å². The summed E-state index contributed by atoms with van der Waals surface area (Å²) in [5, 5.41) is 8.53. The summed E-state index contributed by atoms with van der Waals surface area (Å²) in [6.07, 6.45) is 0.557. The Balaban J connectivity index is 2.31. The van der Waals surface area contributed by atoms with E-state index >= 15 is 0 Å². The molecule has 4 heteroatoms. The third-order valence-corrected chi connectivity index (χ3v) is 2.57. The number of nitrogen functional groups attached to an aromatic ring is 1. The Morgan fingerprint density at radius 1 is 1.35 bits per heavy atom. The molecule has 0 spiro atoms. The zero-order chi connectivity index (χ0) is 12.5. The normalized spacial score (nSPS) is 10.2. The van der Waals surface area contributed by atoms with Crippen LogP contribution in [0.25, 0.3) is 0 Å². The molecule has 4 nitrogen and oxygen atoms in total. The van der Waals surface area contributed by atoms with E-state index in [0.29, 0.717) is 18.7 Å². The first-order valence-corrected chi connectivity index (χ1v) is 5.84. The molecule has 92 valence electrons. The fourth-order valence-corrected chi connectivity index (χ4v) is 1.53. The Bertz CT molecular complexity index is 373. The number of hydrogen-bond acceptors (Lipinski definition) is 4. The highest BCUT2D eigenvalue weighted by Crippen LogP contribution is 2.19. The molecule has 0 heterocycles. The predicted octanol–water partition coefficient (Wildman–Crippen LogP) is 1.88. The number of rotatable bonds is 7. The minimum atomic E-state index is 0.557. The van der Waals surface area contributed by atoms with Gasteiger partial charge in [-0.05, 0) is 18.7 Å². The largest absolute Gasteiger partial charge is 0.490 e. The number of anilines is 1. The number of nitrogens with two attached hydrogens (primary N) is 1. The van der Waals surface area contributed by atoms with Crippen LogP contribution in [0.2, 0.25) is 0 Å². The molecule has 0 aliphatic carbocycles. The van der Waals surface area contributed by atoms with Crippen LogP contribution in [0.1, 0.15) is 13.3 Å². The van der Waals surface area contributed by atoms with Crippen molar-refractivity contribution in [1.29, 1.82) is 5.26 Å². The van der Waals surface area contributed by atoms with Gasteiger partial charge in [0.25, 0.3) is 0 Å². The van der Waals surface area contributed by atoms with Crippen LogP contribution in [0.3, 0.4) is 0 Å². The molecule has 0 radical (unpaired) electrons. The van der Waals surface area contributed by atoms with Gasteiger partial charge in [-0.25, -0.2) is 0 Å². The molecule has 0 fully saturated rings. The molecule has 0 unspecified atom stereocenters. The second kappa shape index (κ2) is 7.53. The number of nitriles is 1. The summed E-state index contributed by atoms with van der Waals surface area (Å²) in [4.78, 5) is 2.18. The van der Waals surface area contributed by atoms with Gasteiger partial charge < -0.3 is 10.5 Å². The molecule has 0 atom stereocenters. The minimum absolute atomic E-state index is 0.557. The van der Waals surface area contributed by atoms with Crippen LogP contribution in [0.15, 0.2) is 24.3 Å².